The molecule has 0 radical (unpaired) electrons. The van der Waals surface area contributed by atoms with Crippen LogP contribution in [0.25, 0.3) is 10.9 Å². The van der Waals surface area contributed by atoms with Gasteiger partial charge in [0, 0.05) is 10.8 Å². The van der Waals surface area contributed by atoms with E-state index < -0.39 is 0 Å². The highest BCUT2D eigenvalue weighted by Gasteiger charge is 2.23. The molecule has 0 saturated heterocycles. The Bertz CT molecular complexity index is 567. The highest BCUT2D eigenvalue weighted by molar-refractivity contribution is 6.36. The predicted molar refractivity (Wildman–Crippen MR) is 71.9 cm³/mol. The summed E-state index contributed by atoms with van der Waals surface area (Å²) in [6.07, 6.45) is 0. The number of halogens is 2. The number of nitrogens with zero attached hydrogens (tertiary/aromatic N) is 1. The molecular formula is C13H13Cl2NO. The highest BCUT2D eigenvalue weighted by Crippen LogP contribution is 2.34. The van der Waals surface area contributed by atoms with Crippen molar-refractivity contribution < 1.29 is 5.11 Å². The number of aliphatic hydroxyl groups excluding tert-OH is 1. The van der Waals surface area contributed by atoms with Gasteiger partial charge in [-0.25, -0.2) is 4.98 Å². The fourth-order valence-corrected chi connectivity index (χ4v) is 2.38. The van der Waals surface area contributed by atoms with Gasteiger partial charge in [0.05, 0.1) is 17.1 Å². The highest BCUT2D eigenvalue weighted by atomic mass is 35.5. The molecule has 0 aliphatic rings. The first-order valence-corrected chi connectivity index (χ1v) is 6.07. The van der Waals surface area contributed by atoms with E-state index in [2.05, 4.69) is 4.98 Å². The summed E-state index contributed by atoms with van der Waals surface area (Å²) in [6, 6.07) is 7.33. The summed E-state index contributed by atoms with van der Waals surface area (Å²) >= 11 is 12.2. The van der Waals surface area contributed by atoms with E-state index >= 15 is 0 Å². The maximum atomic E-state index is 9.39. The minimum Gasteiger partial charge on any atom is -0.395 e. The third-order valence-corrected chi connectivity index (χ3v) is 3.51. The van der Waals surface area contributed by atoms with Crippen LogP contribution in [0.1, 0.15) is 19.4 Å². The Morgan fingerprint density at radius 2 is 1.88 bits per heavy atom. The molecule has 1 aromatic carbocycles. The van der Waals surface area contributed by atoms with Crippen molar-refractivity contribution in [1.29, 1.82) is 0 Å². The van der Waals surface area contributed by atoms with Gasteiger partial charge in [-0.05, 0) is 23.8 Å². The summed E-state index contributed by atoms with van der Waals surface area (Å²) in [5.41, 5.74) is 1.31. The zero-order chi connectivity index (χ0) is 12.6. The first-order chi connectivity index (χ1) is 7.95. The van der Waals surface area contributed by atoms with Crippen LogP contribution >= 0.6 is 23.2 Å². The topological polar surface area (TPSA) is 33.1 Å². The van der Waals surface area contributed by atoms with Crippen molar-refractivity contribution in [2.45, 2.75) is 19.3 Å². The van der Waals surface area contributed by atoms with Gasteiger partial charge in [-0.15, -0.1) is 0 Å². The van der Waals surface area contributed by atoms with Gasteiger partial charge < -0.3 is 5.11 Å². The molecule has 0 amide bonds. The first kappa shape index (κ1) is 12.6. The van der Waals surface area contributed by atoms with Crippen LogP contribution in [0.2, 0.25) is 10.2 Å². The molecule has 0 fully saturated rings. The number of hydrogen-bond donors (Lipinski definition) is 1. The van der Waals surface area contributed by atoms with E-state index in [1.165, 1.54) is 0 Å². The van der Waals surface area contributed by atoms with Crippen molar-refractivity contribution >= 4 is 34.1 Å². The summed E-state index contributed by atoms with van der Waals surface area (Å²) in [6.45, 7) is 3.94. The van der Waals surface area contributed by atoms with Gasteiger partial charge in [-0.1, -0.05) is 43.1 Å². The van der Waals surface area contributed by atoms with Crippen LogP contribution in [0.3, 0.4) is 0 Å². The van der Waals surface area contributed by atoms with Crippen LogP contribution in [-0.4, -0.2) is 16.7 Å². The number of hydrogen-bond acceptors (Lipinski definition) is 2. The summed E-state index contributed by atoms with van der Waals surface area (Å²) in [5.74, 6) is 0. The molecule has 4 heteroatoms. The number of rotatable bonds is 2. The third-order valence-electron chi connectivity index (χ3n) is 2.90. The molecule has 1 heterocycles. The number of aliphatic hydroxyl groups is 1. The minimum atomic E-state index is -0.370. The molecule has 0 atom stereocenters. The van der Waals surface area contributed by atoms with Crippen LogP contribution in [-0.2, 0) is 5.41 Å². The molecule has 0 unspecified atom stereocenters. The van der Waals surface area contributed by atoms with E-state index in [1.807, 2.05) is 32.0 Å². The maximum absolute atomic E-state index is 9.39. The maximum Gasteiger partial charge on any atom is 0.129 e. The van der Waals surface area contributed by atoms with Crippen molar-refractivity contribution in [1.82, 2.24) is 4.98 Å². The van der Waals surface area contributed by atoms with E-state index in [4.69, 9.17) is 23.2 Å². The monoisotopic (exact) mass is 269 g/mol. The molecule has 0 saturated carbocycles. The molecule has 0 aliphatic carbocycles. The number of benzene rings is 1. The quantitative estimate of drug-likeness (QED) is 0.842. The Labute approximate surface area is 110 Å². The van der Waals surface area contributed by atoms with E-state index in [-0.39, 0.29) is 12.0 Å². The van der Waals surface area contributed by atoms with Gasteiger partial charge >= 0.3 is 0 Å². The molecule has 17 heavy (non-hydrogen) atoms. The van der Waals surface area contributed by atoms with Crippen LogP contribution in [0.4, 0.5) is 0 Å². The van der Waals surface area contributed by atoms with Crippen molar-refractivity contribution in [3.63, 3.8) is 0 Å². The molecule has 0 aliphatic heterocycles. The lowest BCUT2D eigenvalue weighted by Crippen LogP contribution is -2.22. The second kappa shape index (κ2) is 4.45. The van der Waals surface area contributed by atoms with Gasteiger partial charge in [-0.3, -0.25) is 0 Å². The van der Waals surface area contributed by atoms with Crippen molar-refractivity contribution in [2.24, 2.45) is 0 Å². The molecule has 2 aromatic rings. The zero-order valence-corrected chi connectivity index (χ0v) is 11.2. The van der Waals surface area contributed by atoms with Gasteiger partial charge in [0.1, 0.15) is 5.15 Å². The van der Waals surface area contributed by atoms with E-state index in [0.717, 1.165) is 16.5 Å². The third kappa shape index (κ3) is 2.25. The molecular weight excluding hydrogens is 257 g/mol. The van der Waals surface area contributed by atoms with E-state index in [9.17, 15) is 5.11 Å². The molecule has 2 rings (SSSR count). The molecule has 2 nitrogen and oxygen atoms in total. The van der Waals surface area contributed by atoms with Gasteiger partial charge in [0.25, 0.3) is 0 Å². The lowest BCUT2D eigenvalue weighted by atomic mass is 9.85. The Balaban J connectivity index is 2.70. The van der Waals surface area contributed by atoms with Crippen molar-refractivity contribution in [3.8, 4) is 0 Å². The van der Waals surface area contributed by atoms with Gasteiger partial charge in [0.2, 0.25) is 0 Å². The molecule has 90 valence electrons. The lowest BCUT2D eigenvalue weighted by Gasteiger charge is -2.24. The SMILES string of the molecule is CC(C)(CO)c1ccc2nc(Cl)ccc2c1Cl. The number of fused-ring (bicyclic) bond motifs is 1. The van der Waals surface area contributed by atoms with Crippen LogP contribution in [0.5, 0.6) is 0 Å². The number of aromatic nitrogens is 1. The fraction of sp³-hybridized carbons (Fsp3) is 0.308. The van der Waals surface area contributed by atoms with E-state index in [1.54, 1.807) is 6.07 Å². The standard InChI is InChI=1S/C13H13Cl2NO/c1-13(2,7-17)9-4-5-10-8(12(9)15)3-6-11(14)16-10/h3-6,17H,7H2,1-2H3. The van der Waals surface area contributed by atoms with E-state index in [0.29, 0.717) is 10.2 Å². The Morgan fingerprint density at radius 3 is 2.53 bits per heavy atom. The van der Waals surface area contributed by atoms with Gasteiger partial charge in [0.15, 0.2) is 0 Å². The van der Waals surface area contributed by atoms with Crippen LogP contribution in [0.15, 0.2) is 24.3 Å². The summed E-state index contributed by atoms with van der Waals surface area (Å²) in [7, 11) is 0. The molecule has 1 aromatic heterocycles. The second-order valence-corrected chi connectivity index (χ2v) is 5.43. The molecule has 0 bridgehead atoms. The fourth-order valence-electron chi connectivity index (χ4n) is 1.75. The minimum absolute atomic E-state index is 0.0409. The Morgan fingerprint density at radius 1 is 1.18 bits per heavy atom. The number of pyridine rings is 1. The van der Waals surface area contributed by atoms with Crippen LogP contribution in [0, 0.1) is 0 Å². The summed E-state index contributed by atoms with van der Waals surface area (Å²) in [4.78, 5) is 4.20. The molecule has 0 spiro atoms. The Kier molecular flexibility index (Phi) is 3.30. The average Bonchev–Trinajstić information content (AvgIpc) is 2.28. The summed E-state index contributed by atoms with van der Waals surface area (Å²) < 4.78 is 0. The zero-order valence-electron chi connectivity index (χ0n) is 9.67. The first-order valence-electron chi connectivity index (χ1n) is 5.32. The Hall–Kier alpha value is -0.830. The largest absolute Gasteiger partial charge is 0.395 e. The second-order valence-electron chi connectivity index (χ2n) is 4.67. The normalized spacial score (nSPS) is 12.1. The molecule has 1 N–H and O–H groups in total. The van der Waals surface area contributed by atoms with Crippen molar-refractivity contribution in [2.75, 3.05) is 6.61 Å². The van der Waals surface area contributed by atoms with Crippen LogP contribution < -0.4 is 0 Å². The van der Waals surface area contributed by atoms with Gasteiger partial charge in [-0.2, -0.15) is 0 Å². The average molecular weight is 270 g/mol. The lowest BCUT2D eigenvalue weighted by molar-refractivity contribution is 0.218. The predicted octanol–water partition coefficient (Wildman–Crippen LogP) is 3.81. The summed E-state index contributed by atoms with van der Waals surface area (Å²) in [5, 5.41) is 11.3. The van der Waals surface area contributed by atoms with Crippen molar-refractivity contribution in [3.05, 3.63) is 40.0 Å². The smallest absolute Gasteiger partial charge is 0.129 e.